The molecule has 1 saturated heterocycles. The van der Waals surface area contributed by atoms with Gasteiger partial charge in [-0.2, -0.15) is 0 Å². The van der Waals surface area contributed by atoms with E-state index in [1.807, 2.05) is 6.92 Å². The van der Waals surface area contributed by atoms with Gasteiger partial charge in [0.1, 0.15) is 5.75 Å². The monoisotopic (exact) mass is 383 g/mol. The highest BCUT2D eigenvalue weighted by molar-refractivity contribution is 7.91. The van der Waals surface area contributed by atoms with E-state index >= 15 is 0 Å². The summed E-state index contributed by atoms with van der Waals surface area (Å²) in [5.74, 6) is -0.658. The number of carbonyl (C=O) groups excluding carboxylic acids is 1. The van der Waals surface area contributed by atoms with Crippen molar-refractivity contribution in [2.45, 2.75) is 25.0 Å². The van der Waals surface area contributed by atoms with Crippen LogP contribution in [0.1, 0.15) is 19.8 Å². The summed E-state index contributed by atoms with van der Waals surface area (Å²) < 4.78 is 30.1. The van der Waals surface area contributed by atoms with Gasteiger partial charge in [0.25, 0.3) is 0 Å². The molecule has 1 aromatic carbocycles. The second-order valence-electron chi connectivity index (χ2n) is 6.23. The fourth-order valence-corrected chi connectivity index (χ4v) is 3.90. The fourth-order valence-electron chi connectivity index (χ4n) is 2.78. The van der Waals surface area contributed by atoms with Crippen molar-refractivity contribution in [1.29, 1.82) is 0 Å². The van der Waals surface area contributed by atoms with Crippen LogP contribution in [0.5, 0.6) is 0 Å². The number of aromatic nitrogens is 2. The lowest BCUT2D eigenvalue weighted by molar-refractivity contribution is -0.130. The second kappa shape index (κ2) is 7.13. The van der Waals surface area contributed by atoms with Gasteiger partial charge in [0.15, 0.2) is 0 Å². The molecule has 0 saturated carbocycles. The topological polar surface area (TPSA) is 93.4 Å². The first-order chi connectivity index (χ1) is 11.8. The van der Waals surface area contributed by atoms with E-state index in [1.54, 1.807) is 29.2 Å². The molecule has 2 aromatic rings. The number of sulfone groups is 1. The molecule has 1 atom stereocenters. The molecule has 7 nitrogen and oxygen atoms in total. The SMILES string of the molecule is CC1CCCN(C(=O)CS(=O)(=O)c2nnc(-c3ccc(Cl)cc3)o2)C1. The van der Waals surface area contributed by atoms with E-state index in [-0.39, 0.29) is 5.89 Å². The number of amides is 1. The third-order valence-corrected chi connectivity index (χ3v) is 5.66. The molecule has 1 amide bonds. The van der Waals surface area contributed by atoms with Crippen LogP contribution in [0.15, 0.2) is 33.9 Å². The van der Waals surface area contributed by atoms with Crippen LogP contribution in [0, 0.1) is 5.92 Å². The summed E-state index contributed by atoms with van der Waals surface area (Å²) in [6, 6.07) is 6.56. The molecule has 25 heavy (non-hydrogen) atoms. The maximum Gasteiger partial charge on any atom is 0.336 e. The Morgan fingerprint density at radius 2 is 2.04 bits per heavy atom. The van der Waals surface area contributed by atoms with E-state index in [1.165, 1.54) is 0 Å². The average Bonchev–Trinajstić information content (AvgIpc) is 3.06. The summed E-state index contributed by atoms with van der Waals surface area (Å²) in [7, 11) is -3.98. The predicted octanol–water partition coefficient (Wildman–Crippen LogP) is 2.42. The van der Waals surface area contributed by atoms with Crippen molar-refractivity contribution < 1.29 is 17.6 Å². The Balaban J connectivity index is 1.74. The molecule has 3 rings (SSSR count). The van der Waals surface area contributed by atoms with Gasteiger partial charge in [-0.25, -0.2) is 8.42 Å². The number of hydrogen-bond acceptors (Lipinski definition) is 6. The molecule has 9 heteroatoms. The summed E-state index contributed by atoms with van der Waals surface area (Å²) in [6.45, 7) is 3.21. The Morgan fingerprint density at radius 1 is 1.32 bits per heavy atom. The van der Waals surface area contributed by atoms with E-state index in [4.69, 9.17) is 16.0 Å². The fraction of sp³-hybridized carbons (Fsp3) is 0.438. The number of piperidine rings is 1. The van der Waals surface area contributed by atoms with Gasteiger partial charge in [-0.05, 0) is 43.0 Å². The number of hydrogen-bond donors (Lipinski definition) is 0. The molecule has 1 unspecified atom stereocenters. The second-order valence-corrected chi connectivity index (χ2v) is 8.53. The molecule has 1 aliphatic rings. The van der Waals surface area contributed by atoms with Crippen molar-refractivity contribution in [3.8, 4) is 11.5 Å². The van der Waals surface area contributed by atoms with Crippen LogP contribution < -0.4 is 0 Å². The summed E-state index contributed by atoms with van der Waals surface area (Å²) in [5.41, 5.74) is 0.550. The van der Waals surface area contributed by atoms with Crippen molar-refractivity contribution in [1.82, 2.24) is 15.1 Å². The van der Waals surface area contributed by atoms with Crippen molar-refractivity contribution in [2.24, 2.45) is 5.92 Å². The van der Waals surface area contributed by atoms with Crippen molar-refractivity contribution >= 4 is 27.3 Å². The Morgan fingerprint density at radius 3 is 2.72 bits per heavy atom. The van der Waals surface area contributed by atoms with Crippen LogP contribution in [0.2, 0.25) is 5.02 Å². The minimum absolute atomic E-state index is 0.0642. The van der Waals surface area contributed by atoms with E-state index in [9.17, 15) is 13.2 Å². The maximum atomic E-state index is 12.4. The standard InChI is InChI=1S/C16H18ClN3O4S/c1-11-3-2-8-20(9-11)14(21)10-25(22,23)16-19-18-15(24-16)12-4-6-13(17)7-5-12/h4-7,11H,2-3,8-10H2,1H3. The summed E-state index contributed by atoms with van der Waals surface area (Å²) in [6.07, 6.45) is 1.93. The minimum atomic E-state index is -3.98. The largest absolute Gasteiger partial charge is 0.408 e. The van der Waals surface area contributed by atoms with E-state index in [2.05, 4.69) is 10.2 Å². The Hall–Kier alpha value is -1.93. The lowest BCUT2D eigenvalue weighted by atomic mass is 10.0. The van der Waals surface area contributed by atoms with Crippen LogP contribution >= 0.6 is 11.6 Å². The highest BCUT2D eigenvalue weighted by Gasteiger charge is 2.30. The van der Waals surface area contributed by atoms with Crippen molar-refractivity contribution in [3.05, 3.63) is 29.3 Å². The zero-order valence-electron chi connectivity index (χ0n) is 13.7. The lowest BCUT2D eigenvalue weighted by Gasteiger charge is -2.30. The van der Waals surface area contributed by atoms with Crippen molar-refractivity contribution in [2.75, 3.05) is 18.8 Å². The number of nitrogens with zero attached hydrogens (tertiary/aromatic N) is 3. The van der Waals surface area contributed by atoms with Gasteiger partial charge in [-0.3, -0.25) is 4.79 Å². The zero-order chi connectivity index (χ0) is 18.0. The summed E-state index contributed by atoms with van der Waals surface area (Å²) in [5, 5.41) is 7.34. The highest BCUT2D eigenvalue weighted by Crippen LogP contribution is 2.23. The van der Waals surface area contributed by atoms with Gasteiger partial charge in [-0.1, -0.05) is 23.6 Å². The highest BCUT2D eigenvalue weighted by atomic mass is 35.5. The third kappa shape index (κ3) is 4.19. The molecular weight excluding hydrogens is 366 g/mol. The van der Waals surface area contributed by atoms with Crippen molar-refractivity contribution in [3.63, 3.8) is 0 Å². The van der Waals surface area contributed by atoms with Gasteiger partial charge in [0, 0.05) is 23.7 Å². The van der Waals surface area contributed by atoms with Crippen LogP contribution in [-0.2, 0) is 14.6 Å². The van der Waals surface area contributed by atoms with Gasteiger partial charge < -0.3 is 9.32 Å². The molecule has 1 aliphatic heterocycles. The Labute approximate surface area is 150 Å². The van der Waals surface area contributed by atoms with Gasteiger partial charge in [0.2, 0.25) is 21.6 Å². The third-order valence-electron chi connectivity index (χ3n) is 4.09. The maximum absolute atomic E-state index is 12.4. The van der Waals surface area contributed by atoms with Crippen LogP contribution in [-0.4, -0.2) is 48.3 Å². The molecule has 0 radical (unpaired) electrons. The van der Waals surface area contributed by atoms with Gasteiger partial charge >= 0.3 is 5.22 Å². The normalized spacial score (nSPS) is 18.3. The molecule has 0 N–H and O–H groups in total. The average molecular weight is 384 g/mol. The summed E-state index contributed by atoms with van der Waals surface area (Å²) >= 11 is 5.81. The molecule has 1 aromatic heterocycles. The molecule has 0 aliphatic carbocycles. The van der Waals surface area contributed by atoms with Crippen LogP contribution in [0.25, 0.3) is 11.5 Å². The number of likely N-dealkylation sites (tertiary alicyclic amines) is 1. The first-order valence-corrected chi connectivity index (χ1v) is 9.98. The lowest BCUT2D eigenvalue weighted by Crippen LogP contribution is -2.42. The quantitative estimate of drug-likeness (QED) is 0.804. The van der Waals surface area contributed by atoms with E-state index in [0.29, 0.717) is 29.6 Å². The summed E-state index contributed by atoms with van der Waals surface area (Å²) in [4.78, 5) is 13.9. The Kier molecular flexibility index (Phi) is 5.10. The minimum Gasteiger partial charge on any atom is -0.408 e. The number of carbonyl (C=O) groups is 1. The molecule has 134 valence electrons. The van der Waals surface area contributed by atoms with Crippen LogP contribution in [0.4, 0.5) is 0 Å². The van der Waals surface area contributed by atoms with Gasteiger partial charge in [-0.15, -0.1) is 5.10 Å². The molecule has 0 bridgehead atoms. The smallest absolute Gasteiger partial charge is 0.336 e. The van der Waals surface area contributed by atoms with Gasteiger partial charge in [0.05, 0.1) is 0 Å². The zero-order valence-corrected chi connectivity index (χ0v) is 15.3. The molecule has 1 fully saturated rings. The van der Waals surface area contributed by atoms with E-state index < -0.39 is 26.7 Å². The molecule has 0 spiro atoms. The first-order valence-electron chi connectivity index (χ1n) is 7.95. The first kappa shape index (κ1) is 17.9. The number of rotatable bonds is 4. The van der Waals surface area contributed by atoms with E-state index in [0.717, 1.165) is 12.8 Å². The number of benzene rings is 1. The predicted molar refractivity (Wildman–Crippen MR) is 91.8 cm³/mol. The Bertz CT molecular complexity index is 864. The molecule has 2 heterocycles. The number of halogens is 1. The van der Waals surface area contributed by atoms with Crippen LogP contribution in [0.3, 0.4) is 0 Å². The molecular formula is C16H18ClN3O4S.